The number of carbonyl (C=O) groups is 4. The molecule has 8 heteroatoms. The molecule has 3 aliphatic rings. The molecular formula is C20H24N4O4. The van der Waals surface area contributed by atoms with Crippen LogP contribution in [0.5, 0.6) is 0 Å². The Morgan fingerprint density at radius 1 is 1.18 bits per heavy atom. The first-order valence-corrected chi connectivity index (χ1v) is 9.68. The molecule has 0 radical (unpaired) electrons. The summed E-state index contributed by atoms with van der Waals surface area (Å²) in [6.07, 6.45) is 1.29. The predicted molar refractivity (Wildman–Crippen MR) is 100 cm³/mol. The first-order valence-electron chi connectivity index (χ1n) is 9.68. The number of nitrogens with zero attached hydrogens (tertiary/aromatic N) is 2. The molecular weight excluding hydrogens is 360 g/mol. The van der Waals surface area contributed by atoms with Crippen LogP contribution in [0, 0.1) is 5.92 Å². The molecule has 3 N–H and O–H groups in total. The number of piperidine rings is 1. The number of rotatable bonds is 4. The van der Waals surface area contributed by atoms with Gasteiger partial charge < -0.3 is 5.73 Å². The number of hydrogen-bond donors (Lipinski definition) is 2. The van der Waals surface area contributed by atoms with Crippen molar-refractivity contribution in [2.45, 2.75) is 44.8 Å². The van der Waals surface area contributed by atoms with Crippen molar-refractivity contribution in [1.82, 2.24) is 15.1 Å². The Bertz CT molecular complexity index is 866. The molecule has 148 valence electrons. The number of carbonyl (C=O) groups excluding carboxylic acids is 4. The van der Waals surface area contributed by atoms with Gasteiger partial charge in [0.1, 0.15) is 6.04 Å². The maximum Gasteiger partial charge on any atom is 0.262 e. The van der Waals surface area contributed by atoms with Gasteiger partial charge in [-0.2, -0.15) is 0 Å². The van der Waals surface area contributed by atoms with Crippen molar-refractivity contribution in [3.8, 4) is 0 Å². The molecule has 3 heterocycles. The van der Waals surface area contributed by atoms with Crippen LogP contribution in [-0.4, -0.2) is 58.6 Å². The van der Waals surface area contributed by atoms with Crippen LogP contribution in [0.15, 0.2) is 18.2 Å². The topological polar surface area (TPSA) is 113 Å². The minimum Gasteiger partial charge on any atom is -0.328 e. The number of hydrogen-bond acceptors (Lipinski definition) is 6. The summed E-state index contributed by atoms with van der Waals surface area (Å²) < 4.78 is 0. The Labute approximate surface area is 163 Å². The largest absolute Gasteiger partial charge is 0.328 e. The molecule has 0 aliphatic carbocycles. The van der Waals surface area contributed by atoms with E-state index in [0.29, 0.717) is 23.6 Å². The van der Waals surface area contributed by atoms with Gasteiger partial charge in [-0.25, -0.2) is 0 Å². The van der Waals surface area contributed by atoms with E-state index in [0.717, 1.165) is 30.0 Å². The van der Waals surface area contributed by atoms with Crippen LogP contribution >= 0.6 is 0 Å². The molecule has 4 amide bonds. The smallest absolute Gasteiger partial charge is 0.262 e. The highest BCUT2D eigenvalue weighted by Gasteiger charge is 2.45. The second kappa shape index (κ2) is 7.10. The summed E-state index contributed by atoms with van der Waals surface area (Å²) in [7, 11) is 0. The Kier molecular flexibility index (Phi) is 4.76. The highest BCUT2D eigenvalue weighted by molar-refractivity contribution is 6.24. The first-order chi connectivity index (χ1) is 13.4. The number of imide groups is 2. The molecule has 2 fully saturated rings. The zero-order valence-electron chi connectivity index (χ0n) is 15.8. The van der Waals surface area contributed by atoms with E-state index in [1.165, 1.54) is 0 Å². The fourth-order valence-electron chi connectivity index (χ4n) is 4.39. The summed E-state index contributed by atoms with van der Waals surface area (Å²) in [5, 5.41) is 2.22. The normalized spacial score (nSPS) is 26.6. The van der Waals surface area contributed by atoms with Crippen molar-refractivity contribution < 1.29 is 19.2 Å². The standard InChI is InChI=1S/C20H24N4O4/c1-11(21)12-7-8-23(9-12)10-13-3-2-4-14-17(13)20(28)24(19(14)27)15-5-6-16(25)22-18(15)26/h2-4,11-12,15H,5-10,21H2,1H3,(H,22,25,26). The van der Waals surface area contributed by atoms with E-state index in [4.69, 9.17) is 5.73 Å². The van der Waals surface area contributed by atoms with Crippen LogP contribution in [0.2, 0.25) is 0 Å². The molecule has 0 bridgehead atoms. The lowest BCUT2D eigenvalue weighted by Gasteiger charge is -2.28. The lowest BCUT2D eigenvalue weighted by atomic mass is 10.0. The van der Waals surface area contributed by atoms with Crippen LogP contribution in [0.1, 0.15) is 52.5 Å². The van der Waals surface area contributed by atoms with E-state index in [-0.39, 0.29) is 24.8 Å². The minimum absolute atomic E-state index is 0.114. The molecule has 0 aromatic heterocycles. The summed E-state index contributed by atoms with van der Waals surface area (Å²) in [6, 6.07) is 4.44. The maximum absolute atomic E-state index is 13.1. The molecule has 3 unspecified atom stereocenters. The lowest BCUT2D eigenvalue weighted by Crippen LogP contribution is -2.54. The minimum atomic E-state index is -0.938. The van der Waals surface area contributed by atoms with Gasteiger partial charge in [-0.05, 0) is 43.9 Å². The average Bonchev–Trinajstić information content (AvgIpc) is 3.21. The molecule has 2 saturated heterocycles. The Balaban J connectivity index is 1.58. The zero-order valence-corrected chi connectivity index (χ0v) is 15.8. The molecule has 0 spiro atoms. The van der Waals surface area contributed by atoms with Crippen molar-refractivity contribution in [2.75, 3.05) is 13.1 Å². The Hall–Kier alpha value is -2.58. The predicted octanol–water partition coefficient (Wildman–Crippen LogP) is 0.257. The Morgan fingerprint density at radius 3 is 2.64 bits per heavy atom. The van der Waals surface area contributed by atoms with Crippen molar-refractivity contribution in [1.29, 1.82) is 0 Å². The van der Waals surface area contributed by atoms with Crippen LogP contribution in [-0.2, 0) is 16.1 Å². The molecule has 3 aliphatic heterocycles. The van der Waals surface area contributed by atoms with Gasteiger partial charge in [0.05, 0.1) is 11.1 Å². The van der Waals surface area contributed by atoms with Crippen molar-refractivity contribution in [3.05, 3.63) is 34.9 Å². The highest BCUT2D eigenvalue weighted by Crippen LogP contribution is 2.31. The van der Waals surface area contributed by atoms with Crippen molar-refractivity contribution in [3.63, 3.8) is 0 Å². The van der Waals surface area contributed by atoms with Gasteiger partial charge in [0.2, 0.25) is 11.8 Å². The van der Waals surface area contributed by atoms with Crippen LogP contribution in [0.4, 0.5) is 0 Å². The van der Waals surface area contributed by atoms with E-state index in [9.17, 15) is 19.2 Å². The monoisotopic (exact) mass is 384 g/mol. The number of nitrogens with two attached hydrogens (primary N) is 1. The third-order valence-electron chi connectivity index (χ3n) is 6.00. The van der Waals surface area contributed by atoms with E-state index >= 15 is 0 Å². The number of amides is 4. The third kappa shape index (κ3) is 3.12. The molecule has 3 atom stereocenters. The summed E-state index contributed by atoms with van der Waals surface area (Å²) in [5.41, 5.74) is 7.51. The number of nitrogens with one attached hydrogen (secondary N) is 1. The Morgan fingerprint density at radius 2 is 1.96 bits per heavy atom. The van der Waals surface area contributed by atoms with Gasteiger partial charge in [-0.15, -0.1) is 0 Å². The van der Waals surface area contributed by atoms with Crippen LogP contribution < -0.4 is 11.1 Å². The number of benzene rings is 1. The van der Waals surface area contributed by atoms with E-state index in [1.807, 2.05) is 13.0 Å². The summed E-state index contributed by atoms with van der Waals surface area (Å²) in [4.78, 5) is 52.8. The summed E-state index contributed by atoms with van der Waals surface area (Å²) >= 11 is 0. The molecule has 4 rings (SSSR count). The number of likely N-dealkylation sites (tertiary alicyclic amines) is 1. The van der Waals surface area contributed by atoms with Crippen LogP contribution in [0.25, 0.3) is 0 Å². The summed E-state index contributed by atoms with van der Waals surface area (Å²) in [6.45, 7) is 4.33. The van der Waals surface area contributed by atoms with Gasteiger partial charge >= 0.3 is 0 Å². The molecule has 8 nitrogen and oxygen atoms in total. The van der Waals surface area contributed by atoms with Crippen molar-refractivity contribution in [2.24, 2.45) is 11.7 Å². The second-order valence-corrected chi connectivity index (χ2v) is 7.93. The lowest BCUT2D eigenvalue weighted by molar-refractivity contribution is -0.136. The average molecular weight is 384 g/mol. The highest BCUT2D eigenvalue weighted by atomic mass is 16.2. The van der Waals surface area contributed by atoms with Gasteiger partial charge in [0, 0.05) is 25.6 Å². The first kappa shape index (κ1) is 18.8. The maximum atomic E-state index is 13.1. The van der Waals surface area contributed by atoms with Crippen molar-refractivity contribution >= 4 is 23.6 Å². The number of fused-ring (bicyclic) bond motifs is 1. The third-order valence-corrected chi connectivity index (χ3v) is 6.00. The van der Waals surface area contributed by atoms with E-state index < -0.39 is 23.8 Å². The van der Waals surface area contributed by atoms with Gasteiger partial charge in [-0.3, -0.25) is 34.3 Å². The van der Waals surface area contributed by atoms with Gasteiger partial charge in [0.25, 0.3) is 11.8 Å². The SMILES string of the molecule is CC(N)C1CCN(Cc2cccc3c2C(=O)N(C2CCC(=O)NC2=O)C3=O)C1. The van der Waals surface area contributed by atoms with E-state index in [2.05, 4.69) is 10.2 Å². The fourth-order valence-corrected chi connectivity index (χ4v) is 4.39. The summed E-state index contributed by atoms with van der Waals surface area (Å²) in [5.74, 6) is -1.46. The van der Waals surface area contributed by atoms with E-state index in [1.54, 1.807) is 12.1 Å². The quantitative estimate of drug-likeness (QED) is 0.720. The molecule has 0 saturated carbocycles. The van der Waals surface area contributed by atoms with Gasteiger partial charge in [0.15, 0.2) is 0 Å². The fraction of sp³-hybridized carbons (Fsp3) is 0.500. The molecule has 28 heavy (non-hydrogen) atoms. The molecule has 1 aromatic carbocycles. The second-order valence-electron chi connectivity index (χ2n) is 7.93. The van der Waals surface area contributed by atoms with Crippen LogP contribution in [0.3, 0.4) is 0 Å². The zero-order chi connectivity index (χ0) is 20.0. The molecule has 1 aromatic rings. The van der Waals surface area contributed by atoms with Gasteiger partial charge in [-0.1, -0.05) is 12.1 Å².